The number of carbonyl (C=O) groups is 3. The van der Waals surface area contributed by atoms with E-state index < -0.39 is 22.4 Å². The number of phenolic OH excluding ortho intramolecular Hbond substituents is 1. The summed E-state index contributed by atoms with van der Waals surface area (Å²) < 4.78 is 34.3. The number of carbonyl (C=O) groups excluding carboxylic acids is 3. The van der Waals surface area contributed by atoms with Crippen LogP contribution in [0.4, 0.5) is 15.3 Å². The number of rotatable bonds is 8. The van der Waals surface area contributed by atoms with E-state index in [0.717, 1.165) is 36.1 Å². The minimum Gasteiger partial charge on any atom is -0.507 e. The summed E-state index contributed by atoms with van der Waals surface area (Å²) >= 11 is 0. The number of aromatic hydroxyl groups is 1. The van der Waals surface area contributed by atoms with Crippen LogP contribution in [0.1, 0.15) is 47.9 Å². The molecule has 4 amide bonds. The van der Waals surface area contributed by atoms with Crippen LogP contribution in [-0.2, 0) is 32.6 Å². The van der Waals surface area contributed by atoms with Gasteiger partial charge in [-0.15, -0.1) is 0 Å². The van der Waals surface area contributed by atoms with Crippen molar-refractivity contribution in [2.75, 3.05) is 71.3 Å². The molecule has 0 bridgehead atoms. The molecule has 278 valence electrons. The summed E-state index contributed by atoms with van der Waals surface area (Å²) in [5.74, 6) is -0.0500. The lowest BCUT2D eigenvalue weighted by Crippen LogP contribution is -2.57. The molecule has 4 aliphatic rings. The number of nitrogens with one attached hydrogen (secondary N) is 2. The number of anilines is 1. The van der Waals surface area contributed by atoms with Gasteiger partial charge in [0.2, 0.25) is 0 Å². The zero-order valence-corrected chi connectivity index (χ0v) is 30.7. The summed E-state index contributed by atoms with van der Waals surface area (Å²) in [6.07, 6.45) is 2.00. The quantitative estimate of drug-likeness (QED) is 0.376. The summed E-state index contributed by atoms with van der Waals surface area (Å²) in [4.78, 5) is 48.4. The number of urea groups is 1. The Balaban J connectivity index is 1.07. The van der Waals surface area contributed by atoms with Gasteiger partial charge < -0.3 is 29.9 Å². The molecule has 0 aliphatic carbocycles. The molecule has 3 N–H and O–H groups in total. The predicted octanol–water partition coefficient (Wildman–Crippen LogP) is 2.68. The molecule has 2 aromatic carbocycles. The normalized spacial score (nSPS) is 20.8. The first-order valence-corrected chi connectivity index (χ1v) is 19.5. The summed E-state index contributed by atoms with van der Waals surface area (Å²) in [5, 5.41) is 13.4. The van der Waals surface area contributed by atoms with Gasteiger partial charge in [-0.3, -0.25) is 9.69 Å². The number of piperidine rings is 2. The molecule has 1 atom stereocenters. The number of fused-ring (bicyclic) bond motifs is 1. The van der Waals surface area contributed by atoms with Gasteiger partial charge in [-0.05, 0) is 74.3 Å². The second kappa shape index (κ2) is 15.8. The van der Waals surface area contributed by atoms with E-state index in [1.165, 1.54) is 11.4 Å². The minimum absolute atomic E-state index is 0.0139. The lowest BCUT2D eigenvalue weighted by atomic mass is 10.00. The molecule has 4 aliphatic heterocycles. The van der Waals surface area contributed by atoms with E-state index in [-0.39, 0.29) is 36.2 Å². The van der Waals surface area contributed by atoms with Gasteiger partial charge in [0.05, 0.1) is 0 Å². The molecule has 51 heavy (non-hydrogen) atoms. The number of para-hydroxylation sites is 1. The standard InChI is InChI=1S/C36H51N7O7S/c1-25-22-27(23-26(2)33(25)44)24-32(34(45)40-20-18-39(19-21-40)29-11-15-42(16-12-29)51(48,49)37-3)50-36(47)41-13-9-30(10-14-41)43-17-8-28-6-4-5-7-31(28)38-35(43)46/h4-7,22-23,29-30,32,37,44H,8-21,24H2,1-3H3,(H,38,46)/t32-/m1/s1. The van der Waals surface area contributed by atoms with Crippen LogP contribution in [0.15, 0.2) is 36.4 Å². The second-order valence-electron chi connectivity index (χ2n) is 14.1. The maximum atomic E-state index is 14.1. The lowest BCUT2D eigenvalue weighted by molar-refractivity contribution is -0.143. The van der Waals surface area contributed by atoms with Crippen molar-refractivity contribution in [1.29, 1.82) is 0 Å². The highest BCUT2D eigenvalue weighted by Gasteiger charge is 2.37. The van der Waals surface area contributed by atoms with Crippen LogP contribution < -0.4 is 10.0 Å². The van der Waals surface area contributed by atoms with Gasteiger partial charge in [-0.25, -0.2) is 14.3 Å². The van der Waals surface area contributed by atoms with Crippen molar-refractivity contribution in [2.45, 2.75) is 70.6 Å². The van der Waals surface area contributed by atoms with Gasteiger partial charge in [0.25, 0.3) is 16.1 Å². The Kier molecular flexibility index (Phi) is 11.4. The first kappa shape index (κ1) is 36.9. The van der Waals surface area contributed by atoms with Gasteiger partial charge in [0.15, 0.2) is 6.10 Å². The van der Waals surface area contributed by atoms with E-state index in [0.29, 0.717) is 82.9 Å². The molecule has 4 heterocycles. The fraction of sp³-hybridized carbons (Fsp3) is 0.583. The maximum absolute atomic E-state index is 14.1. The highest BCUT2D eigenvalue weighted by molar-refractivity contribution is 7.87. The molecule has 14 nitrogen and oxygen atoms in total. The number of piperazine rings is 1. The smallest absolute Gasteiger partial charge is 0.410 e. The van der Waals surface area contributed by atoms with Crippen molar-refractivity contribution in [2.24, 2.45) is 0 Å². The Bertz CT molecular complexity index is 1680. The number of amides is 4. The third kappa shape index (κ3) is 8.43. The van der Waals surface area contributed by atoms with Gasteiger partial charge in [0, 0.05) is 90.1 Å². The number of likely N-dealkylation sites (tertiary alicyclic amines) is 1. The molecule has 0 aromatic heterocycles. The molecule has 0 spiro atoms. The Labute approximate surface area is 300 Å². The van der Waals surface area contributed by atoms with Crippen molar-refractivity contribution in [3.8, 4) is 5.75 Å². The summed E-state index contributed by atoms with van der Waals surface area (Å²) in [5.41, 5.74) is 4.11. The topological polar surface area (TPSA) is 155 Å². The average molecular weight is 726 g/mol. The monoisotopic (exact) mass is 725 g/mol. The summed E-state index contributed by atoms with van der Waals surface area (Å²) in [7, 11) is -2.02. The van der Waals surface area contributed by atoms with Gasteiger partial charge in [-0.1, -0.05) is 30.3 Å². The summed E-state index contributed by atoms with van der Waals surface area (Å²) in [6, 6.07) is 11.6. The van der Waals surface area contributed by atoms with Crippen LogP contribution >= 0.6 is 0 Å². The molecule has 0 unspecified atom stereocenters. The zero-order valence-electron chi connectivity index (χ0n) is 29.8. The Hall–Kier alpha value is -3.92. The van der Waals surface area contributed by atoms with Gasteiger partial charge in [-0.2, -0.15) is 12.7 Å². The third-order valence-corrected chi connectivity index (χ3v) is 12.5. The number of nitrogens with zero attached hydrogens (tertiary/aromatic N) is 5. The molecule has 3 fully saturated rings. The highest BCUT2D eigenvalue weighted by atomic mass is 32.2. The number of ether oxygens (including phenoxy) is 1. The van der Waals surface area contributed by atoms with Crippen molar-refractivity contribution < 1.29 is 32.6 Å². The zero-order chi connectivity index (χ0) is 36.3. The SMILES string of the molecule is CNS(=O)(=O)N1CCC(N2CCN(C(=O)[C@@H](Cc3cc(C)c(O)c(C)c3)OC(=O)N3CCC(N4CCc5ccccc5NC4=O)CC3)CC2)CC1. The van der Waals surface area contributed by atoms with E-state index in [2.05, 4.69) is 14.9 Å². The van der Waals surface area contributed by atoms with E-state index >= 15 is 0 Å². The molecule has 6 rings (SSSR count). The number of phenols is 1. The van der Waals surface area contributed by atoms with Crippen molar-refractivity contribution in [1.82, 2.24) is 28.6 Å². The van der Waals surface area contributed by atoms with Crippen LogP contribution in [0.5, 0.6) is 5.75 Å². The fourth-order valence-corrected chi connectivity index (χ4v) is 8.89. The summed E-state index contributed by atoms with van der Waals surface area (Å²) in [6.45, 7) is 8.18. The van der Waals surface area contributed by atoms with Crippen LogP contribution in [0.25, 0.3) is 0 Å². The Morgan fingerprint density at radius 1 is 0.902 bits per heavy atom. The molecule has 15 heteroatoms. The first-order valence-electron chi connectivity index (χ1n) is 18.0. The average Bonchev–Trinajstić information content (AvgIpc) is 3.31. The van der Waals surface area contributed by atoms with Gasteiger partial charge >= 0.3 is 12.1 Å². The number of hydrogen-bond acceptors (Lipinski definition) is 8. The predicted molar refractivity (Wildman–Crippen MR) is 193 cm³/mol. The molecular formula is C36H51N7O7S. The highest BCUT2D eigenvalue weighted by Crippen LogP contribution is 2.27. The van der Waals surface area contributed by atoms with E-state index in [9.17, 15) is 27.9 Å². The van der Waals surface area contributed by atoms with E-state index in [1.807, 2.05) is 41.3 Å². The lowest BCUT2D eigenvalue weighted by Gasteiger charge is -2.43. The van der Waals surface area contributed by atoms with Gasteiger partial charge in [0.1, 0.15) is 5.75 Å². The number of aryl methyl sites for hydroxylation is 2. The Morgan fingerprint density at radius 2 is 1.53 bits per heavy atom. The fourth-order valence-electron chi connectivity index (χ4n) is 7.94. The Morgan fingerprint density at radius 3 is 2.18 bits per heavy atom. The van der Waals surface area contributed by atoms with Crippen LogP contribution in [0, 0.1) is 13.8 Å². The molecule has 0 radical (unpaired) electrons. The molecule has 3 saturated heterocycles. The second-order valence-corrected chi connectivity index (χ2v) is 16.0. The largest absolute Gasteiger partial charge is 0.507 e. The number of hydrogen-bond donors (Lipinski definition) is 3. The van der Waals surface area contributed by atoms with E-state index in [4.69, 9.17) is 4.74 Å². The van der Waals surface area contributed by atoms with Crippen LogP contribution in [0.2, 0.25) is 0 Å². The van der Waals surface area contributed by atoms with Crippen molar-refractivity contribution in [3.63, 3.8) is 0 Å². The van der Waals surface area contributed by atoms with Crippen molar-refractivity contribution in [3.05, 3.63) is 58.7 Å². The van der Waals surface area contributed by atoms with Crippen molar-refractivity contribution >= 4 is 33.9 Å². The third-order valence-electron chi connectivity index (χ3n) is 11.0. The molecule has 0 saturated carbocycles. The molecular weight excluding hydrogens is 675 g/mol. The molecule has 2 aromatic rings. The number of benzene rings is 2. The van der Waals surface area contributed by atoms with Crippen LogP contribution in [-0.4, -0.2) is 140 Å². The van der Waals surface area contributed by atoms with E-state index in [1.54, 1.807) is 23.6 Å². The van der Waals surface area contributed by atoms with Crippen LogP contribution in [0.3, 0.4) is 0 Å². The first-order chi connectivity index (χ1) is 24.4. The minimum atomic E-state index is -3.44. The maximum Gasteiger partial charge on any atom is 0.410 e.